The lowest BCUT2D eigenvalue weighted by Gasteiger charge is -2.27. The average Bonchev–Trinajstić information content (AvgIpc) is 2.89. The molecule has 1 aliphatic rings. The van der Waals surface area contributed by atoms with Crippen molar-refractivity contribution in [2.24, 2.45) is 0 Å². The Morgan fingerprint density at radius 3 is 2.48 bits per heavy atom. The van der Waals surface area contributed by atoms with Crippen LogP contribution in [0, 0.1) is 22.7 Å². The van der Waals surface area contributed by atoms with Gasteiger partial charge in [0.1, 0.15) is 6.07 Å². The molecule has 25 heavy (non-hydrogen) atoms. The van der Waals surface area contributed by atoms with Crippen LogP contribution in [0.3, 0.4) is 0 Å². The fourth-order valence-corrected chi connectivity index (χ4v) is 3.25. The van der Waals surface area contributed by atoms with E-state index in [1.54, 1.807) is 30.3 Å². The highest BCUT2D eigenvalue weighted by atomic mass is 35.5. The minimum atomic E-state index is -0.794. The molecular weight excluding hydrogens is 338 g/mol. The number of nitriles is 2. The van der Waals surface area contributed by atoms with Crippen molar-refractivity contribution < 1.29 is 9.90 Å². The predicted octanol–water partition coefficient (Wildman–Crippen LogP) is 2.79. The van der Waals surface area contributed by atoms with E-state index in [-0.39, 0.29) is 17.4 Å². The molecule has 2 aromatic rings. The Labute approximate surface area is 150 Å². The highest BCUT2D eigenvalue weighted by Gasteiger charge is 2.39. The lowest BCUT2D eigenvalue weighted by atomic mass is 10.0. The number of rotatable bonds is 3. The smallest absolute Gasteiger partial charge is 0.230 e. The van der Waals surface area contributed by atoms with E-state index < -0.39 is 12.1 Å². The van der Waals surface area contributed by atoms with E-state index in [4.69, 9.17) is 22.1 Å². The molecule has 1 fully saturated rings. The normalized spacial score (nSPS) is 19.5. The van der Waals surface area contributed by atoms with Gasteiger partial charge in [-0.05, 0) is 42.3 Å². The first kappa shape index (κ1) is 17.0. The Morgan fingerprint density at radius 2 is 1.88 bits per heavy atom. The molecule has 0 aromatic heterocycles. The van der Waals surface area contributed by atoms with E-state index in [1.807, 2.05) is 18.2 Å². The summed E-state index contributed by atoms with van der Waals surface area (Å²) in [4.78, 5) is 13.9. The maximum Gasteiger partial charge on any atom is 0.230 e. The Bertz CT molecular complexity index is 896. The molecule has 1 aliphatic heterocycles. The number of aliphatic hydroxyl groups excluding tert-OH is 1. The van der Waals surface area contributed by atoms with E-state index >= 15 is 0 Å². The van der Waals surface area contributed by atoms with E-state index in [0.717, 1.165) is 5.56 Å². The summed E-state index contributed by atoms with van der Waals surface area (Å²) in [6.45, 7) is 0. The lowest BCUT2D eigenvalue weighted by molar-refractivity contribution is -0.117. The lowest BCUT2D eigenvalue weighted by Crippen LogP contribution is -2.38. The number of carbonyl (C=O) groups is 1. The largest absolute Gasteiger partial charge is 0.390 e. The monoisotopic (exact) mass is 351 g/mol. The Balaban J connectivity index is 1.90. The van der Waals surface area contributed by atoms with Gasteiger partial charge in [0.15, 0.2) is 0 Å². The first-order valence-electron chi connectivity index (χ1n) is 7.72. The quantitative estimate of drug-likeness (QED) is 0.920. The van der Waals surface area contributed by atoms with Crippen LogP contribution in [-0.2, 0) is 11.2 Å². The number of hydrogen-bond acceptors (Lipinski definition) is 4. The molecule has 3 rings (SSSR count). The summed E-state index contributed by atoms with van der Waals surface area (Å²) in [6, 6.07) is 15.5. The number of halogens is 1. The first-order chi connectivity index (χ1) is 12.0. The van der Waals surface area contributed by atoms with Crippen LogP contribution in [0.15, 0.2) is 42.5 Å². The number of aliphatic hydroxyl groups is 1. The van der Waals surface area contributed by atoms with Crippen molar-refractivity contribution in [3.05, 3.63) is 64.2 Å². The van der Waals surface area contributed by atoms with Gasteiger partial charge in [0.05, 0.1) is 40.8 Å². The molecule has 0 radical (unpaired) electrons. The van der Waals surface area contributed by atoms with Crippen molar-refractivity contribution in [2.75, 3.05) is 4.90 Å². The van der Waals surface area contributed by atoms with Gasteiger partial charge in [-0.1, -0.05) is 23.7 Å². The highest BCUT2D eigenvalue weighted by molar-refractivity contribution is 6.32. The van der Waals surface area contributed by atoms with Gasteiger partial charge in [0, 0.05) is 5.69 Å². The zero-order chi connectivity index (χ0) is 18.0. The zero-order valence-electron chi connectivity index (χ0n) is 13.2. The van der Waals surface area contributed by atoms with Crippen LogP contribution >= 0.6 is 11.6 Å². The third-order valence-corrected chi connectivity index (χ3v) is 4.62. The van der Waals surface area contributed by atoms with Crippen LogP contribution < -0.4 is 4.90 Å². The summed E-state index contributed by atoms with van der Waals surface area (Å²) < 4.78 is 0. The molecule has 0 saturated carbocycles. The van der Waals surface area contributed by atoms with Crippen molar-refractivity contribution >= 4 is 23.2 Å². The van der Waals surface area contributed by atoms with Gasteiger partial charge in [-0.25, -0.2) is 0 Å². The van der Waals surface area contributed by atoms with Crippen LogP contribution in [0.1, 0.15) is 23.1 Å². The summed E-state index contributed by atoms with van der Waals surface area (Å²) in [6.07, 6.45) is -0.299. The van der Waals surface area contributed by atoms with Gasteiger partial charge >= 0.3 is 0 Å². The van der Waals surface area contributed by atoms with Gasteiger partial charge in [0.25, 0.3) is 0 Å². The third kappa shape index (κ3) is 3.34. The van der Waals surface area contributed by atoms with Crippen LogP contribution in [0.4, 0.5) is 5.69 Å². The Kier molecular flexibility index (Phi) is 4.72. The number of carbonyl (C=O) groups excluding carboxylic acids is 1. The van der Waals surface area contributed by atoms with E-state index in [9.17, 15) is 9.90 Å². The Hall–Kier alpha value is -2.86. The molecular formula is C19H14ClN3O2. The van der Waals surface area contributed by atoms with Gasteiger partial charge < -0.3 is 10.0 Å². The molecule has 1 amide bonds. The predicted molar refractivity (Wildman–Crippen MR) is 92.9 cm³/mol. The van der Waals surface area contributed by atoms with Crippen molar-refractivity contribution in [1.82, 2.24) is 0 Å². The zero-order valence-corrected chi connectivity index (χ0v) is 13.9. The number of nitrogens with zero attached hydrogens (tertiary/aromatic N) is 3. The minimum absolute atomic E-state index is 0.0402. The Morgan fingerprint density at radius 1 is 1.16 bits per heavy atom. The molecule has 1 heterocycles. The topological polar surface area (TPSA) is 88.1 Å². The fraction of sp³-hybridized carbons (Fsp3) is 0.211. The van der Waals surface area contributed by atoms with E-state index in [1.165, 1.54) is 4.90 Å². The molecule has 2 aromatic carbocycles. The van der Waals surface area contributed by atoms with Crippen LogP contribution in [0.25, 0.3) is 0 Å². The second-order valence-corrected chi connectivity index (χ2v) is 6.30. The first-order valence-corrected chi connectivity index (χ1v) is 8.10. The second-order valence-electron chi connectivity index (χ2n) is 5.89. The third-order valence-electron chi connectivity index (χ3n) is 4.31. The average molecular weight is 352 g/mol. The van der Waals surface area contributed by atoms with Gasteiger partial charge in [-0.15, -0.1) is 0 Å². The van der Waals surface area contributed by atoms with Crippen molar-refractivity contribution in [2.45, 2.75) is 25.0 Å². The minimum Gasteiger partial charge on any atom is -0.390 e. The maximum atomic E-state index is 12.4. The molecule has 0 aliphatic carbocycles. The van der Waals surface area contributed by atoms with Gasteiger partial charge in [-0.2, -0.15) is 10.5 Å². The summed E-state index contributed by atoms with van der Waals surface area (Å²) in [7, 11) is 0. The van der Waals surface area contributed by atoms with E-state index in [2.05, 4.69) is 6.07 Å². The molecule has 0 spiro atoms. The molecule has 0 unspecified atom stereocenters. The summed E-state index contributed by atoms with van der Waals surface area (Å²) >= 11 is 6.08. The standard InChI is InChI=1S/C19H14ClN3O2/c20-16-8-15(6-5-14(16)11-22)23-17(18(24)9-19(23)25)7-12-1-3-13(10-21)4-2-12/h1-6,8,17-18,24H,7,9H2/t17-,18-/m0/s1. The maximum absolute atomic E-state index is 12.4. The van der Waals surface area contributed by atoms with Gasteiger partial charge in [0.2, 0.25) is 5.91 Å². The van der Waals surface area contributed by atoms with Gasteiger partial charge in [-0.3, -0.25) is 4.79 Å². The molecule has 124 valence electrons. The SMILES string of the molecule is N#Cc1ccc(C[C@H]2[C@@H](O)CC(=O)N2c2ccc(C#N)c(Cl)c2)cc1. The summed E-state index contributed by atoms with van der Waals surface area (Å²) in [5, 5.41) is 28.4. The van der Waals surface area contributed by atoms with Crippen molar-refractivity contribution in [3.8, 4) is 12.1 Å². The van der Waals surface area contributed by atoms with E-state index in [0.29, 0.717) is 23.2 Å². The van der Waals surface area contributed by atoms with Crippen molar-refractivity contribution in [3.63, 3.8) is 0 Å². The number of benzene rings is 2. The van der Waals surface area contributed by atoms with Crippen LogP contribution in [0.5, 0.6) is 0 Å². The van der Waals surface area contributed by atoms with Crippen LogP contribution in [0.2, 0.25) is 5.02 Å². The van der Waals surface area contributed by atoms with Crippen LogP contribution in [-0.4, -0.2) is 23.2 Å². The number of anilines is 1. The number of amides is 1. The molecule has 2 atom stereocenters. The van der Waals surface area contributed by atoms with Crippen molar-refractivity contribution in [1.29, 1.82) is 10.5 Å². The molecule has 5 nitrogen and oxygen atoms in total. The highest BCUT2D eigenvalue weighted by Crippen LogP contribution is 2.32. The number of hydrogen-bond donors (Lipinski definition) is 1. The summed E-state index contributed by atoms with van der Waals surface area (Å²) in [5.41, 5.74) is 2.37. The molecule has 0 bridgehead atoms. The molecule has 1 N–H and O–H groups in total. The molecule has 6 heteroatoms. The molecule has 1 saturated heterocycles. The second kappa shape index (κ2) is 6.94. The summed E-state index contributed by atoms with van der Waals surface area (Å²) in [5.74, 6) is -0.188. The fourth-order valence-electron chi connectivity index (χ4n) is 3.03.